The Kier molecular flexibility index (Phi) is 8.47. The molecule has 8 nitrogen and oxygen atoms in total. The molecule has 5 rings (SSSR count). The second-order valence-corrected chi connectivity index (χ2v) is 11.8. The van der Waals surface area contributed by atoms with Gasteiger partial charge < -0.3 is 24.5 Å². The van der Waals surface area contributed by atoms with E-state index in [0.717, 1.165) is 87.6 Å². The third-order valence-electron chi connectivity index (χ3n) is 8.56. The van der Waals surface area contributed by atoms with Crippen LogP contribution < -0.4 is 0 Å². The Balaban J connectivity index is 1.20. The maximum Gasteiger partial charge on any atom is 0.219 e. The van der Waals surface area contributed by atoms with Gasteiger partial charge in [0.2, 0.25) is 5.91 Å². The Labute approximate surface area is 237 Å². The highest BCUT2D eigenvalue weighted by atomic mass is 16.5. The van der Waals surface area contributed by atoms with E-state index in [1.807, 2.05) is 25.7 Å². The highest BCUT2D eigenvalue weighted by Crippen LogP contribution is 2.42. The predicted octanol–water partition coefficient (Wildman–Crippen LogP) is 5.23. The first-order valence-electron chi connectivity index (χ1n) is 14.5. The molecule has 2 aromatic carbocycles. The van der Waals surface area contributed by atoms with E-state index < -0.39 is 0 Å². The number of hydrogen-bond acceptors (Lipinski definition) is 7. The molecule has 0 radical (unpaired) electrons. The number of carbonyl (C=O) groups is 1. The summed E-state index contributed by atoms with van der Waals surface area (Å²) in [5.74, 6) is 1.55. The molecule has 0 unspecified atom stereocenters. The molecule has 1 aromatic heterocycles. The zero-order chi connectivity index (χ0) is 28.4. The van der Waals surface area contributed by atoms with Gasteiger partial charge in [-0.1, -0.05) is 43.3 Å². The van der Waals surface area contributed by atoms with Crippen molar-refractivity contribution in [1.29, 1.82) is 0 Å². The van der Waals surface area contributed by atoms with Crippen molar-refractivity contribution in [2.24, 2.45) is 5.92 Å². The van der Waals surface area contributed by atoms with Crippen molar-refractivity contribution in [1.82, 2.24) is 19.9 Å². The standard InChI is InChI=1S/C32H42N4O4/c1-21(2)27-17-28(30(39)18-29(27)38)32-31(22(3)33-40-32)26-7-5-24(6-8-26)19-34-13-15-35(16-14-34)20-25-9-11-36(12-10-25)23(4)37/h5-8,17-18,21,25,38-39H,9-16,19-20H2,1-4H3. The third-order valence-corrected chi connectivity index (χ3v) is 8.56. The summed E-state index contributed by atoms with van der Waals surface area (Å²) in [5, 5.41) is 25.1. The van der Waals surface area contributed by atoms with Crippen LogP contribution in [0.25, 0.3) is 22.5 Å². The maximum absolute atomic E-state index is 11.6. The molecule has 214 valence electrons. The van der Waals surface area contributed by atoms with E-state index in [0.29, 0.717) is 17.2 Å². The number of aromatic nitrogens is 1. The quantitative estimate of drug-likeness (QED) is 0.419. The van der Waals surface area contributed by atoms with Gasteiger partial charge in [-0.05, 0) is 54.4 Å². The van der Waals surface area contributed by atoms with Crippen LogP contribution in [0.2, 0.25) is 0 Å². The number of phenolic OH excluding ortho intramolecular Hbond substituents is 2. The van der Waals surface area contributed by atoms with E-state index in [2.05, 4.69) is 39.2 Å². The molecule has 3 aromatic rings. The van der Waals surface area contributed by atoms with Gasteiger partial charge in [-0.3, -0.25) is 9.69 Å². The van der Waals surface area contributed by atoms with Crippen LogP contribution in [0.3, 0.4) is 0 Å². The second kappa shape index (κ2) is 12.0. The minimum absolute atomic E-state index is 0.0309. The molecule has 2 aliphatic rings. The third kappa shape index (κ3) is 6.18. The normalized spacial score (nSPS) is 17.6. The summed E-state index contributed by atoms with van der Waals surface area (Å²) < 4.78 is 5.70. The number of aryl methyl sites for hydroxylation is 1. The van der Waals surface area contributed by atoms with Crippen LogP contribution in [0.4, 0.5) is 0 Å². The largest absolute Gasteiger partial charge is 0.508 e. The van der Waals surface area contributed by atoms with Crippen LogP contribution in [0.1, 0.15) is 56.4 Å². The number of hydrogen-bond donors (Lipinski definition) is 2. The molecule has 2 fully saturated rings. The number of piperazine rings is 1. The van der Waals surface area contributed by atoms with E-state index in [9.17, 15) is 15.0 Å². The summed E-state index contributed by atoms with van der Waals surface area (Å²) in [6.07, 6.45) is 2.23. The lowest BCUT2D eigenvalue weighted by Crippen LogP contribution is -2.48. The highest BCUT2D eigenvalue weighted by Gasteiger charge is 2.25. The highest BCUT2D eigenvalue weighted by molar-refractivity contribution is 5.84. The molecule has 0 atom stereocenters. The van der Waals surface area contributed by atoms with Crippen molar-refractivity contribution >= 4 is 5.91 Å². The van der Waals surface area contributed by atoms with Gasteiger partial charge in [0.05, 0.1) is 16.8 Å². The summed E-state index contributed by atoms with van der Waals surface area (Å²) in [4.78, 5) is 18.7. The molecule has 2 aliphatic heterocycles. The molecule has 0 aliphatic carbocycles. The first kappa shape index (κ1) is 28.2. The molecule has 3 heterocycles. The zero-order valence-corrected chi connectivity index (χ0v) is 24.2. The van der Waals surface area contributed by atoms with Gasteiger partial charge in [-0.25, -0.2) is 0 Å². The molecule has 0 saturated carbocycles. The topological polar surface area (TPSA) is 93.3 Å². The number of carbonyl (C=O) groups excluding carboxylic acids is 1. The van der Waals surface area contributed by atoms with Gasteiger partial charge in [0.15, 0.2) is 5.76 Å². The van der Waals surface area contributed by atoms with E-state index in [1.54, 1.807) is 13.0 Å². The summed E-state index contributed by atoms with van der Waals surface area (Å²) in [6, 6.07) is 11.7. The number of nitrogens with zero attached hydrogens (tertiary/aromatic N) is 4. The summed E-state index contributed by atoms with van der Waals surface area (Å²) >= 11 is 0. The lowest BCUT2D eigenvalue weighted by molar-refractivity contribution is -0.130. The van der Waals surface area contributed by atoms with E-state index in [1.165, 1.54) is 11.6 Å². The van der Waals surface area contributed by atoms with Crippen LogP contribution >= 0.6 is 0 Å². The molecular weight excluding hydrogens is 504 g/mol. The first-order chi connectivity index (χ1) is 19.2. The molecular formula is C32H42N4O4. The van der Waals surface area contributed by atoms with Gasteiger partial charge in [0.25, 0.3) is 0 Å². The number of aromatic hydroxyl groups is 2. The smallest absolute Gasteiger partial charge is 0.219 e. The van der Waals surface area contributed by atoms with Crippen molar-refractivity contribution in [2.45, 2.75) is 53.0 Å². The molecule has 0 bridgehead atoms. The van der Waals surface area contributed by atoms with E-state index in [-0.39, 0.29) is 23.3 Å². The molecule has 2 saturated heterocycles. The van der Waals surface area contributed by atoms with Crippen molar-refractivity contribution in [2.75, 3.05) is 45.8 Å². The van der Waals surface area contributed by atoms with Crippen LogP contribution in [-0.2, 0) is 11.3 Å². The number of amides is 1. The summed E-state index contributed by atoms with van der Waals surface area (Å²) in [5.41, 5.74) is 5.13. The van der Waals surface area contributed by atoms with E-state index in [4.69, 9.17) is 4.52 Å². The van der Waals surface area contributed by atoms with Crippen molar-refractivity contribution in [3.8, 4) is 33.9 Å². The van der Waals surface area contributed by atoms with Crippen LogP contribution in [-0.4, -0.2) is 81.8 Å². The SMILES string of the molecule is CC(=O)N1CCC(CN2CCN(Cc3ccc(-c4c(C)noc4-c4cc(C(C)C)c(O)cc4O)cc3)CC2)CC1. The monoisotopic (exact) mass is 546 g/mol. The summed E-state index contributed by atoms with van der Waals surface area (Å²) in [6.45, 7) is 15.7. The Morgan fingerprint density at radius 2 is 1.62 bits per heavy atom. The van der Waals surface area contributed by atoms with Gasteiger partial charge >= 0.3 is 0 Å². The van der Waals surface area contributed by atoms with Crippen LogP contribution in [0.5, 0.6) is 11.5 Å². The number of rotatable bonds is 7. The molecule has 2 N–H and O–H groups in total. The second-order valence-electron chi connectivity index (χ2n) is 11.8. The van der Waals surface area contributed by atoms with Crippen LogP contribution in [0.15, 0.2) is 40.9 Å². The zero-order valence-electron chi connectivity index (χ0n) is 24.2. The lowest BCUT2D eigenvalue weighted by Gasteiger charge is -2.38. The van der Waals surface area contributed by atoms with Gasteiger partial charge in [-0.2, -0.15) is 0 Å². The van der Waals surface area contributed by atoms with Crippen molar-refractivity contribution < 1.29 is 19.5 Å². The fraction of sp³-hybridized carbons (Fsp3) is 0.500. The Hall–Kier alpha value is -3.36. The average molecular weight is 547 g/mol. The van der Waals surface area contributed by atoms with Gasteiger partial charge in [0, 0.05) is 65.3 Å². The fourth-order valence-corrected chi connectivity index (χ4v) is 6.09. The Morgan fingerprint density at radius 1 is 0.975 bits per heavy atom. The molecule has 1 amide bonds. The fourth-order valence-electron chi connectivity index (χ4n) is 6.09. The Bertz CT molecular complexity index is 1320. The van der Waals surface area contributed by atoms with Gasteiger partial charge in [0.1, 0.15) is 11.5 Å². The van der Waals surface area contributed by atoms with Crippen molar-refractivity contribution in [3.05, 3.63) is 53.2 Å². The number of benzene rings is 2. The Morgan fingerprint density at radius 3 is 2.25 bits per heavy atom. The minimum Gasteiger partial charge on any atom is -0.508 e. The first-order valence-corrected chi connectivity index (χ1v) is 14.5. The van der Waals surface area contributed by atoms with E-state index >= 15 is 0 Å². The van der Waals surface area contributed by atoms with Gasteiger partial charge in [-0.15, -0.1) is 0 Å². The maximum atomic E-state index is 11.6. The number of likely N-dealkylation sites (tertiary alicyclic amines) is 1. The summed E-state index contributed by atoms with van der Waals surface area (Å²) in [7, 11) is 0. The molecule has 40 heavy (non-hydrogen) atoms. The number of phenols is 2. The van der Waals surface area contributed by atoms with Crippen molar-refractivity contribution in [3.63, 3.8) is 0 Å². The number of piperidine rings is 1. The minimum atomic E-state index is -0.0309. The average Bonchev–Trinajstić information content (AvgIpc) is 3.31. The molecule has 0 spiro atoms. The predicted molar refractivity (Wildman–Crippen MR) is 156 cm³/mol. The van der Waals surface area contributed by atoms with Crippen LogP contribution in [0, 0.1) is 12.8 Å². The lowest BCUT2D eigenvalue weighted by atomic mass is 9.94. The molecule has 8 heteroatoms.